The van der Waals surface area contributed by atoms with Crippen molar-refractivity contribution in [2.24, 2.45) is 0 Å². The Kier molecular flexibility index (Phi) is 3.96. The molecule has 0 aromatic rings. The van der Waals surface area contributed by atoms with Gasteiger partial charge in [-0.05, 0) is 13.8 Å². The zero-order valence-corrected chi connectivity index (χ0v) is 8.87. The Labute approximate surface area is 75.2 Å². The van der Waals surface area contributed by atoms with Crippen LogP contribution in [0.15, 0.2) is 0 Å². The van der Waals surface area contributed by atoms with Crippen LogP contribution in [-0.2, 0) is 10.0 Å². The highest BCUT2D eigenvalue weighted by atomic mass is 79.9. The quantitative estimate of drug-likeness (QED) is 0.688. The summed E-state index contributed by atoms with van der Waals surface area (Å²) in [5, 5.41) is 9.13. The number of nitrogens with one attached hydrogen (secondary N) is 1. The van der Waals surface area contributed by atoms with E-state index in [2.05, 4.69) is 20.7 Å². The van der Waals surface area contributed by atoms with E-state index in [0.717, 1.165) is 0 Å². The summed E-state index contributed by atoms with van der Waals surface area (Å²) in [7, 11) is -3.25. The van der Waals surface area contributed by atoms with Crippen molar-refractivity contribution in [2.75, 3.05) is 11.2 Å². The minimum absolute atomic E-state index is 0.0287. The van der Waals surface area contributed by atoms with Gasteiger partial charge in [-0.15, -0.1) is 0 Å². The van der Waals surface area contributed by atoms with Gasteiger partial charge in [0, 0.05) is 6.54 Å². The molecule has 0 aromatic carbocycles. The highest BCUT2D eigenvalue weighted by Crippen LogP contribution is 1.99. The highest BCUT2D eigenvalue weighted by molar-refractivity contribution is 9.10. The second-order valence-corrected chi connectivity index (χ2v) is 5.97. The van der Waals surface area contributed by atoms with Crippen molar-refractivity contribution in [3.05, 3.63) is 0 Å². The Hall–Kier alpha value is 0.350. The lowest BCUT2D eigenvalue weighted by atomic mass is 10.1. The van der Waals surface area contributed by atoms with Crippen molar-refractivity contribution >= 4 is 26.0 Å². The van der Waals surface area contributed by atoms with Crippen LogP contribution in [0, 0.1) is 0 Å². The molecule has 0 saturated carbocycles. The Bertz CT molecular complexity index is 206. The molecule has 0 fully saturated rings. The zero-order chi connectivity index (χ0) is 9.12. The highest BCUT2D eigenvalue weighted by Gasteiger charge is 2.16. The Morgan fingerprint density at radius 2 is 2.00 bits per heavy atom. The van der Waals surface area contributed by atoms with Crippen LogP contribution in [-0.4, -0.2) is 30.3 Å². The molecule has 11 heavy (non-hydrogen) atoms. The molecule has 0 aliphatic carbocycles. The second kappa shape index (κ2) is 3.84. The molecular formula is C5H12BrNO3S. The van der Waals surface area contributed by atoms with Crippen LogP contribution in [0.3, 0.4) is 0 Å². The number of aliphatic hydroxyl groups is 1. The maximum absolute atomic E-state index is 10.8. The van der Waals surface area contributed by atoms with Crippen LogP contribution in [0.4, 0.5) is 0 Å². The molecular weight excluding hydrogens is 234 g/mol. The first-order valence-corrected chi connectivity index (χ1v) is 5.80. The van der Waals surface area contributed by atoms with Gasteiger partial charge in [-0.3, -0.25) is 0 Å². The van der Waals surface area contributed by atoms with Crippen LogP contribution in [0.2, 0.25) is 0 Å². The van der Waals surface area contributed by atoms with E-state index < -0.39 is 15.6 Å². The number of halogens is 1. The molecule has 0 saturated heterocycles. The van der Waals surface area contributed by atoms with Crippen LogP contribution in [0.1, 0.15) is 13.8 Å². The molecule has 0 unspecified atom stereocenters. The summed E-state index contributed by atoms with van der Waals surface area (Å²) < 4.78 is 23.6. The van der Waals surface area contributed by atoms with Crippen LogP contribution < -0.4 is 4.72 Å². The summed E-state index contributed by atoms with van der Waals surface area (Å²) in [6, 6.07) is 0. The zero-order valence-electron chi connectivity index (χ0n) is 6.46. The monoisotopic (exact) mass is 245 g/mol. The van der Waals surface area contributed by atoms with Gasteiger partial charge < -0.3 is 5.11 Å². The fourth-order valence-electron chi connectivity index (χ4n) is 0.325. The maximum Gasteiger partial charge on any atom is 0.221 e. The van der Waals surface area contributed by atoms with Crippen LogP contribution in [0.5, 0.6) is 0 Å². The first-order valence-electron chi connectivity index (χ1n) is 3.02. The van der Waals surface area contributed by atoms with Gasteiger partial charge in [-0.1, -0.05) is 15.9 Å². The number of rotatable bonds is 4. The lowest BCUT2D eigenvalue weighted by Gasteiger charge is -2.16. The normalized spacial score (nSPS) is 13.5. The molecule has 0 bridgehead atoms. The third-order valence-corrected chi connectivity index (χ3v) is 3.55. The summed E-state index contributed by atoms with van der Waals surface area (Å²) in [4.78, 5) is 0. The second-order valence-electron chi connectivity index (χ2n) is 2.86. The van der Waals surface area contributed by atoms with Gasteiger partial charge in [0.1, 0.15) is 4.66 Å². The van der Waals surface area contributed by atoms with Crippen molar-refractivity contribution in [1.29, 1.82) is 0 Å². The molecule has 0 aliphatic rings. The summed E-state index contributed by atoms with van der Waals surface area (Å²) >= 11 is 2.81. The van der Waals surface area contributed by atoms with Crippen molar-refractivity contribution in [3.8, 4) is 0 Å². The molecule has 0 atom stereocenters. The van der Waals surface area contributed by atoms with E-state index in [9.17, 15) is 8.42 Å². The fraction of sp³-hybridized carbons (Fsp3) is 1.00. The minimum atomic E-state index is -3.25. The van der Waals surface area contributed by atoms with Gasteiger partial charge in [0.05, 0.1) is 5.60 Å². The van der Waals surface area contributed by atoms with Crippen molar-refractivity contribution in [3.63, 3.8) is 0 Å². The Morgan fingerprint density at radius 3 is 2.27 bits per heavy atom. The summed E-state index contributed by atoms with van der Waals surface area (Å²) in [5.74, 6) is 0. The fourth-order valence-corrected chi connectivity index (χ4v) is 1.46. The number of sulfonamides is 1. The van der Waals surface area contributed by atoms with Crippen LogP contribution in [0.25, 0.3) is 0 Å². The minimum Gasteiger partial charge on any atom is -0.389 e. The molecule has 0 radical (unpaired) electrons. The number of hydrogen-bond donors (Lipinski definition) is 2. The van der Waals surface area contributed by atoms with E-state index in [1.54, 1.807) is 0 Å². The van der Waals surface area contributed by atoms with Gasteiger partial charge in [-0.25, -0.2) is 13.1 Å². The molecule has 4 nitrogen and oxygen atoms in total. The van der Waals surface area contributed by atoms with E-state index in [1.165, 1.54) is 13.8 Å². The topological polar surface area (TPSA) is 66.4 Å². The number of hydrogen-bond acceptors (Lipinski definition) is 3. The summed E-state index contributed by atoms with van der Waals surface area (Å²) in [5.41, 5.74) is -1.00. The smallest absolute Gasteiger partial charge is 0.221 e. The maximum atomic E-state index is 10.8. The van der Waals surface area contributed by atoms with E-state index in [4.69, 9.17) is 5.11 Å². The average Bonchev–Trinajstić information content (AvgIpc) is 1.83. The van der Waals surface area contributed by atoms with Crippen molar-refractivity contribution in [1.82, 2.24) is 4.72 Å². The molecule has 0 amide bonds. The van der Waals surface area contributed by atoms with Gasteiger partial charge in [0.25, 0.3) is 0 Å². The first kappa shape index (κ1) is 11.4. The third-order valence-electron chi connectivity index (χ3n) is 0.868. The molecule has 0 spiro atoms. The molecule has 0 aromatic heterocycles. The van der Waals surface area contributed by atoms with Crippen molar-refractivity contribution in [2.45, 2.75) is 19.4 Å². The van der Waals surface area contributed by atoms with E-state index in [0.29, 0.717) is 0 Å². The molecule has 2 N–H and O–H groups in total. The lowest BCUT2D eigenvalue weighted by Crippen LogP contribution is -2.38. The van der Waals surface area contributed by atoms with Crippen molar-refractivity contribution < 1.29 is 13.5 Å². The summed E-state index contributed by atoms with van der Waals surface area (Å²) in [6.45, 7) is 3.09. The van der Waals surface area contributed by atoms with Gasteiger partial charge in [-0.2, -0.15) is 0 Å². The third kappa shape index (κ3) is 6.74. The molecule has 0 heterocycles. The van der Waals surface area contributed by atoms with Crippen LogP contribution >= 0.6 is 15.9 Å². The predicted octanol–water partition coefficient (Wildman–Crippen LogP) is 0.0291. The standard InChI is InChI=1S/C5H12BrNO3S/c1-5(2,8)3-7-11(9,10)4-6/h7-8H,3-4H2,1-2H3. The molecule has 68 valence electrons. The van der Waals surface area contributed by atoms with Gasteiger partial charge in [0.15, 0.2) is 0 Å². The summed E-state index contributed by atoms with van der Waals surface area (Å²) in [6.07, 6.45) is 0. The van der Waals surface area contributed by atoms with Gasteiger partial charge >= 0.3 is 0 Å². The molecule has 6 heteroatoms. The van der Waals surface area contributed by atoms with E-state index >= 15 is 0 Å². The molecule has 0 aliphatic heterocycles. The van der Waals surface area contributed by atoms with E-state index in [1.807, 2.05) is 0 Å². The number of alkyl halides is 1. The SMILES string of the molecule is CC(C)(O)CNS(=O)(=O)CBr. The molecule has 0 rings (SSSR count). The van der Waals surface area contributed by atoms with Gasteiger partial charge in [0.2, 0.25) is 10.0 Å². The first-order chi connectivity index (χ1) is 4.77. The average molecular weight is 246 g/mol. The Morgan fingerprint density at radius 1 is 1.55 bits per heavy atom. The largest absolute Gasteiger partial charge is 0.389 e. The predicted molar refractivity (Wildman–Crippen MR) is 47.0 cm³/mol. The lowest BCUT2D eigenvalue weighted by molar-refractivity contribution is 0.0857. The Balaban J connectivity index is 3.91. The van der Waals surface area contributed by atoms with E-state index in [-0.39, 0.29) is 11.2 Å².